The van der Waals surface area contributed by atoms with Crippen molar-refractivity contribution in [2.45, 2.75) is 13.0 Å². The van der Waals surface area contributed by atoms with Gasteiger partial charge in [-0.25, -0.2) is 0 Å². The van der Waals surface area contributed by atoms with E-state index in [2.05, 4.69) is 51.8 Å². The van der Waals surface area contributed by atoms with Gasteiger partial charge in [0.05, 0.1) is 0 Å². The molecule has 4 nitrogen and oxygen atoms in total. The highest BCUT2D eigenvalue weighted by Crippen LogP contribution is 2.12. The van der Waals surface area contributed by atoms with Crippen LogP contribution in [-0.4, -0.2) is 44.6 Å². The molecule has 4 heteroatoms. The van der Waals surface area contributed by atoms with Gasteiger partial charge in [-0.1, -0.05) is 30.3 Å². The number of nitrogens with one attached hydrogen (secondary N) is 2. The lowest BCUT2D eigenvalue weighted by Crippen LogP contribution is -2.39. The molecule has 0 spiro atoms. The fourth-order valence-electron chi connectivity index (χ4n) is 2.44. The molecule has 2 rings (SSSR count). The molecular formula is C15H24N4. The normalized spacial score (nSPS) is 20.5. The Morgan fingerprint density at radius 1 is 1.32 bits per heavy atom. The Balaban J connectivity index is 1.72. The second-order valence-electron chi connectivity index (χ2n) is 5.21. The van der Waals surface area contributed by atoms with Crippen LogP contribution in [0.2, 0.25) is 0 Å². The van der Waals surface area contributed by atoms with Crippen LogP contribution in [-0.2, 0) is 6.54 Å². The average Bonchev–Trinajstić information content (AvgIpc) is 2.86. The topological polar surface area (TPSA) is 39.7 Å². The molecule has 0 aromatic heterocycles. The highest BCUT2D eigenvalue weighted by atomic mass is 15.2. The maximum Gasteiger partial charge on any atom is 0.191 e. The van der Waals surface area contributed by atoms with E-state index in [1.165, 1.54) is 25.1 Å². The number of hydrogen-bond acceptors (Lipinski definition) is 2. The minimum atomic E-state index is 0.736. The van der Waals surface area contributed by atoms with E-state index in [0.717, 1.165) is 25.0 Å². The van der Waals surface area contributed by atoms with Crippen LogP contribution in [0.5, 0.6) is 0 Å². The molecule has 1 aromatic rings. The van der Waals surface area contributed by atoms with Crippen molar-refractivity contribution in [3.63, 3.8) is 0 Å². The molecule has 1 saturated heterocycles. The third-order valence-corrected chi connectivity index (χ3v) is 3.57. The largest absolute Gasteiger partial charge is 0.356 e. The van der Waals surface area contributed by atoms with Crippen molar-refractivity contribution in [2.75, 3.05) is 33.7 Å². The van der Waals surface area contributed by atoms with E-state index in [0.29, 0.717) is 0 Å². The average molecular weight is 260 g/mol. The molecule has 0 bridgehead atoms. The van der Waals surface area contributed by atoms with Crippen LogP contribution < -0.4 is 10.6 Å². The number of aliphatic imine (C=N–C) groups is 1. The maximum absolute atomic E-state index is 4.26. The molecule has 0 amide bonds. The van der Waals surface area contributed by atoms with Crippen LogP contribution in [0.4, 0.5) is 0 Å². The first kappa shape index (κ1) is 13.9. The predicted octanol–water partition coefficient (Wildman–Crippen LogP) is 1.30. The number of guanidine groups is 1. The van der Waals surface area contributed by atoms with E-state index in [-0.39, 0.29) is 0 Å². The summed E-state index contributed by atoms with van der Waals surface area (Å²) in [4.78, 5) is 6.65. The summed E-state index contributed by atoms with van der Waals surface area (Å²) in [6, 6.07) is 10.4. The minimum Gasteiger partial charge on any atom is -0.356 e. The Kier molecular flexibility index (Phi) is 5.21. The van der Waals surface area contributed by atoms with Gasteiger partial charge >= 0.3 is 0 Å². The first-order chi connectivity index (χ1) is 9.28. The van der Waals surface area contributed by atoms with E-state index in [1.54, 1.807) is 0 Å². The van der Waals surface area contributed by atoms with Gasteiger partial charge in [-0.2, -0.15) is 0 Å². The van der Waals surface area contributed by atoms with E-state index < -0.39 is 0 Å². The predicted molar refractivity (Wildman–Crippen MR) is 80.2 cm³/mol. The van der Waals surface area contributed by atoms with Crippen molar-refractivity contribution in [3.05, 3.63) is 35.9 Å². The van der Waals surface area contributed by atoms with E-state index in [9.17, 15) is 0 Å². The number of hydrogen-bond donors (Lipinski definition) is 2. The zero-order chi connectivity index (χ0) is 13.5. The Morgan fingerprint density at radius 3 is 2.74 bits per heavy atom. The fourth-order valence-corrected chi connectivity index (χ4v) is 2.44. The zero-order valence-electron chi connectivity index (χ0n) is 11.9. The fraction of sp³-hybridized carbons (Fsp3) is 0.533. The lowest BCUT2D eigenvalue weighted by Gasteiger charge is -2.15. The van der Waals surface area contributed by atoms with Crippen molar-refractivity contribution in [1.82, 2.24) is 15.5 Å². The molecule has 1 aliphatic heterocycles. The van der Waals surface area contributed by atoms with Gasteiger partial charge in [-0.05, 0) is 31.5 Å². The lowest BCUT2D eigenvalue weighted by atomic mass is 10.1. The van der Waals surface area contributed by atoms with Crippen molar-refractivity contribution in [2.24, 2.45) is 10.9 Å². The molecule has 1 unspecified atom stereocenters. The maximum atomic E-state index is 4.26. The summed E-state index contributed by atoms with van der Waals surface area (Å²) in [7, 11) is 4.00. The molecule has 0 radical (unpaired) electrons. The van der Waals surface area contributed by atoms with Crippen LogP contribution >= 0.6 is 0 Å². The number of rotatable bonds is 4. The Labute approximate surface area is 115 Å². The molecule has 1 heterocycles. The smallest absolute Gasteiger partial charge is 0.191 e. The summed E-state index contributed by atoms with van der Waals surface area (Å²) in [5, 5.41) is 6.76. The molecular weight excluding hydrogens is 236 g/mol. The van der Waals surface area contributed by atoms with Gasteiger partial charge in [-0.15, -0.1) is 0 Å². The monoisotopic (exact) mass is 260 g/mol. The summed E-state index contributed by atoms with van der Waals surface area (Å²) in [6.07, 6.45) is 1.28. The van der Waals surface area contributed by atoms with Crippen LogP contribution in [0.25, 0.3) is 0 Å². The quantitative estimate of drug-likeness (QED) is 0.633. The SMILES string of the molecule is CN=C(NCc1ccccc1)NCC1CCN(C)C1. The van der Waals surface area contributed by atoms with Gasteiger partial charge in [0.25, 0.3) is 0 Å². The molecule has 1 atom stereocenters. The molecule has 0 saturated carbocycles. The van der Waals surface area contributed by atoms with Gasteiger partial charge in [0.2, 0.25) is 0 Å². The molecule has 104 valence electrons. The Bertz CT molecular complexity index is 402. The third kappa shape index (κ3) is 4.56. The second kappa shape index (κ2) is 7.14. The van der Waals surface area contributed by atoms with Crippen molar-refractivity contribution >= 4 is 5.96 Å². The first-order valence-corrected chi connectivity index (χ1v) is 6.95. The van der Waals surface area contributed by atoms with E-state index >= 15 is 0 Å². The highest BCUT2D eigenvalue weighted by molar-refractivity contribution is 5.79. The third-order valence-electron chi connectivity index (χ3n) is 3.57. The van der Waals surface area contributed by atoms with Crippen LogP contribution in [0.15, 0.2) is 35.3 Å². The van der Waals surface area contributed by atoms with Crippen LogP contribution in [0, 0.1) is 5.92 Å². The summed E-state index contributed by atoms with van der Waals surface area (Å²) >= 11 is 0. The highest BCUT2D eigenvalue weighted by Gasteiger charge is 2.19. The van der Waals surface area contributed by atoms with Gasteiger partial charge in [-0.3, -0.25) is 4.99 Å². The van der Waals surface area contributed by atoms with Crippen molar-refractivity contribution in [1.29, 1.82) is 0 Å². The Morgan fingerprint density at radius 2 is 2.11 bits per heavy atom. The van der Waals surface area contributed by atoms with Gasteiger partial charge < -0.3 is 15.5 Å². The number of benzene rings is 1. The summed E-state index contributed by atoms with van der Waals surface area (Å²) in [6.45, 7) is 4.20. The zero-order valence-corrected chi connectivity index (χ0v) is 11.9. The van der Waals surface area contributed by atoms with E-state index in [1.807, 2.05) is 13.1 Å². The van der Waals surface area contributed by atoms with Crippen molar-refractivity contribution in [3.8, 4) is 0 Å². The first-order valence-electron chi connectivity index (χ1n) is 6.95. The van der Waals surface area contributed by atoms with Gasteiger partial charge in [0.15, 0.2) is 5.96 Å². The molecule has 19 heavy (non-hydrogen) atoms. The van der Waals surface area contributed by atoms with Gasteiger partial charge in [0.1, 0.15) is 0 Å². The summed E-state index contributed by atoms with van der Waals surface area (Å²) in [5.41, 5.74) is 1.27. The lowest BCUT2D eigenvalue weighted by molar-refractivity contribution is 0.394. The Hall–Kier alpha value is -1.55. The van der Waals surface area contributed by atoms with Crippen LogP contribution in [0.3, 0.4) is 0 Å². The number of likely N-dealkylation sites (tertiary alicyclic amines) is 1. The number of nitrogens with zero attached hydrogens (tertiary/aromatic N) is 2. The molecule has 1 aliphatic rings. The summed E-state index contributed by atoms with van der Waals surface area (Å²) < 4.78 is 0. The molecule has 2 N–H and O–H groups in total. The van der Waals surface area contributed by atoms with E-state index in [4.69, 9.17) is 0 Å². The standard InChI is InChI=1S/C15H24N4/c1-16-15(17-10-13-6-4-3-5-7-13)18-11-14-8-9-19(2)12-14/h3-7,14H,8-12H2,1-2H3,(H2,16,17,18). The molecule has 1 fully saturated rings. The molecule has 0 aliphatic carbocycles. The summed E-state index contributed by atoms with van der Waals surface area (Å²) in [5.74, 6) is 1.62. The molecule has 1 aromatic carbocycles. The van der Waals surface area contributed by atoms with Crippen molar-refractivity contribution < 1.29 is 0 Å². The minimum absolute atomic E-state index is 0.736. The van der Waals surface area contributed by atoms with Gasteiger partial charge in [0, 0.05) is 26.7 Å². The van der Waals surface area contributed by atoms with Crippen LogP contribution in [0.1, 0.15) is 12.0 Å². The second-order valence-corrected chi connectivity index (χ2v) is 5.21.